The fraction of sp³-hybridized carbons (Fsp3) is 0.818. The van der Waals surface area contributed by atoms with Gasteiger partial charge in [-0.2, -0.15) is 0 Å². The molecule has 0 aliphatic carbocycles. The summed E-state index contributed by atoms with van der Waals surface area (Å²) < 4.78 is 15.1. The highest BCUT2D eigenvalue weighted by Gasteiger charge is 2.27. The van der Waals surface area contributed by atoms with Crippen molar-refractivity contribution < 1.29 is 14.5 Å². The van der Waals surface area contributed by atoms with E-state index in [-0.39, 0.29) is 4.75 Å². The first-order chi connectivity index (χ1) is 7.07. The summed E-state index contributed by atoms with van der Waals surface area (Å²) in [4.78, 5) is 10.8. The molecule has 0 heterocycles. The Kier molecular flexibility index (Phi) is 5.49. The van der Waals surface area contributed by atoms with Crippen molar-refractivity contribution in [3.8, 4) is 0 Å². The van der Waals surface area contributed by atoms with Crippen molar-refractivity contribution in [3.05, 3.63) is 0 Å². The number of aliphatic carboxylic acids is 1. The van der Waals surface area contributed by atoms with Crippen LogP contribution >= 0.6 is 0 Å². The molecule has 0 aromatic heterocycles. The molecular formula is C11H21NO3S. The normalized spacial score (nSPS) is 15.4. The Morgan fingerprint density at radius 3 is 2.25 bits per heavy atom. The summed E-state index contributed by atoms with van der Waals surface area (Å²) in [5.41, 5.74) is -0.755. The maximum Gasteiger partial charge on any atom is 0.309 e. The molecule has 0 radical (unpaired) electrons. The Morgan fingerprint density at radius 1 is 1.38 bits per heavy atom. The summed E-state index contributed by atoms with van der Waals surface area (Å²) >= 11 is -1.25. The number of nitrogens with zero attached hydrogens (tertiary/aromatic N) is 1. The molecule has 4 nitrogen and oxygen atoms in total. The lowest BCUT2D eigenvalue weighted by Crippen LogP contribution is -2.26. The Hall–Kier alpha value is -0.550. The first kappa shape index (κ1) is 15.4. The van der Waals surface area contributed by atoms with Crippen LogP contribution in [0.5, 0.6) is 0 Å². The minimum atomic E-state index is -1.25. The number of carbonyl (C=O) groups is 1. The molecule has 0 rings (SSSR count). The third-order valence-corrected chi connectivity index (χ3v) is 3.56. The van der Waals surface area contributed by atoms with E-state index >= 15 is 0 Å². The third kappa shape index (κ3) is 5.51. The molecule has 0 amide bonds. The summed E-state index contributed by atoms with van der Waals surface area (Å²) in [6.07, 6.45) is 2.58. The van der Waals surface area contributed by atoms with E-state index in [2.05, 4.69) is 4.40 Å². The zero-order chi connectivity index (χ0) is 13.0. The predicted octanol–water partition coefficient (Wildman–Crippen LogP) is 2.41. The molecule has 1 N–H and O–H groups in total. The highest BCUT2D eigenvalue weighted by molar-refractivity contribution is 7.91. The lowest BCUT2D eigenvalue weighted by Gasteiger charge is -2.19. The molecule has 5 heteroatoms. The highest BCUT2D eigenvalue weighted by atomic mass is 32.2. The van der Waals surface area contributed by atoms with Gasteiger partial charge in [-0.05, 0) is 47.5 Å². The molecule has 0 saturated heterocycles. The van der Waals surface area contributed by atoms with Gasteiger partial charge in [0.25, 0.3) is 0 Å². The van der Waals surface area contributed by atoms with Crippen molar-refractivity contribution in [2.24, 2.45) is 9.81 Å². The molecule has 0 bridgehead atoms. The van der Waals surface area contributed by atoms with Crippen LogP contribution in [0.25, 0.3) is 0 Å². The average molecular weight is 247 g/mol. The Labute approximate surface area is 100 Å². The third-order valence-electron chi connectivity index (χ3n) is 2.17. The van der Waals surface area contributed by atoms with Gasteiger partial charge in [-0.3, -0.25) is 4.79 Å². The maximum atomic E-state index is 11.5. The standard InChI is InChI=1S/C11H21NO3S/c1-10(2,3)16(15)12-8-6-7-11(4,5)9(13)14/h8H,6-7H2,1-5H3,(H,13,14). The van der Waals surface area contributed by atoms with E-state index in [0.29, 0.717) is 12.8 Å². The van der Waals surface area contributed by atoms with Gasteiger partial charge in [0.2, 0.25) is 0 Å². The topological polar surface area (TPSA) is 72.7 Å². The van der Waals surface area contributed by atoms with E-state index in [0.717, 1.165) is 0 Å². The van der Waals surface area contributed by atoms with Crippen LogP contribution in [-0.4, -0.2) is 26.6 Å². The second-order valence-corrected chi connectivity index (χ2v) is 7.31. The van der Waals surface area contributed by atoms with E-state index in [1.54, 1.807) is 20.1 Å². The van der Waals surface area contributed by atoms with Crippen LogP contribution in [-0.2, 0) is 16.2 Å². The smallest absolute Gasteiger partial charge is 0.309 e. The zero-order valence-electron chi connectivity index (χ0n) is 10.6. The van der Waals surface area contributed by atoms with E-state index in [1.165, 1.54) is 0 Å². The van der Waals surface area contributed by atoms with Crippen LogP contribution < -0.4 is 0 Å². The molecule has 0 aromatic carbocycles. The minimum absolute atomic E-state index is 0.362. The van der Waals surface area contributed by atoms with Crippen LogP contribution in [0.15, 0.2) is 4.40 Å². The van der Waals surface area contributed by atoms with Crippen molar-refractivity contribution >= 4 is 23.5 Å². The van der Waals surface area contributed by atoms with E-state index in [4.69, 9.17) is 5.11 Å². The van der Waals surface area contributed by atoms with Crippen molar-refractivity contribution in [3.63, 3.8) is 0 Å². The van der Waals surface area contributed by atoms with Crippen molar-refractivity contribution in [2.75, 3.05) is 0 Å². The predicted molar refractivity (Wildman–Crippen MR) is 67.0 cm³/mol. The van der Waals surface area contributed by atoms with Crippen LogP contribution in [0.4, 0.5) is 0 Å². The molecule has 1 unspecified atom stereocenters. The molecule has 0 aromatic rings. The Bertz CT molecular complexity index is 269. The number of hydrogen-bond donors (Lipinski definition) is 1. The molecule has 0 aliphatic heterocycles. The van der Waals surface area contributed by atoms with E-state index in [1.807, 2.05) is 20.8 Å². The quantitative estimate of drug-likeness (QED) is 0.599. The molecule has 94 valence electrons. The second-order valence-electron chi connectivity index (χ2n) is 5.38. The van der Waals surface area contributed by atoms with Crippen LogP contribution in [0.2, 0.25) is 0 Å². The van der Waals surface area contributed by atoms with Crippen molar-refractivity contribution in [1.29, 1.82) is 0 Å². The molecule has 0 aliphatic rings. The van der Waals surface area contributed by atoms with Crippen molar-refractivity contribution in [1.82, 2.24) is 0 Å². The molecule has 0 saturated carbocycles. The fourth-order valence-electron chi connectivity index (χ4n) is 0.811. The lowest BCUT2D eigenvalue weighted by atomic mass is 9.88. The number of rotatable bonds is 5. The van der Waals surface area contributed by atoms with Gasteiger partial charge >= 0.3 is 5.97 Å². The summed E-state index contributed by atoms with van der Waals surface area (Å²) in [6.45, 7) is 8.89. The Morgan fingerprint density at radius 2 is 1.88 bits per heavy atom. The number of carboxylic acid groups (broad SMARTS) is 1. The largest absolute Gasteiger partial charge is 0.591 e. The first-order valence-electron chi connectivity index (χ1n) is 5.25. The van der Waals surface area contributed by atoms with E-state index < -0.39 is 22.7 Å². The van der Waals surface area contributed by atoms with Gasteiger partial charge in [0.1, 0.15) is 16.1 Å². The molecule has 0 spiro atoms. The minimum Gasteiger partial charge on any atom is -0.591 e. The zero-order valence-corrected chi connectivity index (χ0v) is 11.4. The fourth-order valence-corrected chi connectivity index (χ4v) is 1.37. The summed E-state index contributed by atoms with van der Waals surface area (Å²) in [7, 11) is 0. The van der Waals surface area contributed by atoms with Gasteiger partial charge < -0.3 is 9.66 Å². The molecular weight excluding hydrogens is 226 g/mol. The van der Waals surface area contributed by atoms with Gasteiger partial charge in [-0.15, -0.1) is 0 Å². The van der Waals surface area contributed by atoms with Gasteiger partial charge in [0.15, 0.2) is 0 Å². The van der Waals surface area contributed by atoms with Gasteiger partial charge in [-0.25, -0.2) is 0 Å². The monoisotopic (exact) mass is 247 g/mol. The maximum absolute atomic E-state index is 11.5. The molecule has 1 atom stereocenters. The average Bonchev–Trinajstić information content (AvgIpc) is 2.10. The van der Waals surface area contributed by atoms with Gasteiger partial charge in [-0.1, -0.05) is 4.40 Å². The van der Waals surface area contributed by atoms with Gasteiger partial charge in [0.05, 0.1) is 11.6 Å². The molecule has 0 fully saturated rings. The second kappa shape index (κ2) is 5.68. The van der Waals surface area contributed by atoms with Crippen LogP contribution in [0, 0.1) is 5.41 Å². The number of carboxylic acids is 1. The summed E-state index contributed by atoms with van der Waals surface area (Å²) in [5.74, 6) is -0.821. The van der Waals surface area contributed by atoms with Crippen LogP contribution in [0.3, 0.4) is 0 Å². The lowest BCUT2D eigenvalue weighted by molar-refractivity contribution is -0.147. The van der Waals surface area contributed by atoms with Gasteiger partial charge in [0, 0.05) is 0 Å². The molecule has 16 heavy (non-hydrogen) atoms. The number of hydrogen-bond acceptors (Lipinski definition) is 3. The SMILES string of the molecule is CC(C)(CCC=N[S+]([O-])C(C)(C)C)C(=O)O. The van der Waals surface area contributed by atoms with E-state index in [9.17, 15) is 9.35 Å². The van der Waals surface area contributed by atoms with Crippen LogP contribution in [0.1, 0.15) is 47.5 Å². The highest BCUT2D eigenvalue weighted by Crippen LogP contribution is 2.22. The summed E-state index contributed by atoms with van der Waals surface area (Å²) in [6, 6.07) is 0. The summed E-state index contributed by atoms with van der Waals surface area (Å²) in [5, 5.41) is 8.87. The van der Waals surface area contributed by atoms with Crippen molar-refractivity contribution in [2.45, 2.75) is 52.2 Å². The first-order valence-corrected chi connectivity index (χ1v) is 6.36. The Balaban J connectivity index is 4.09.